The van der Waals surface area contributed by atoms with Crippen LogP contribution in [0.1, 0.15) is 17.5 Å². The highest BCUT2D eigenvalue weighted by molar-refractivity contribution is 8.00. The van der Waals surface area contributed by atoms with Crippen LogP contribution in [0.25, 0.3) is 0 Å². The van der Waals surface area contributed by atoms with Crippen molar-refractivity contribution in [2.75, 3.05) is 17.2 Å². The zero-order chi connectivity index (χ0) is 17.5. The molecule has 0 unspecified atom stereocenters. The van der Waals surface area contributed by atoms with Gasteiger partial charge in [-0.25, -0.2) is 0 Å². The van der Waals surface area contributed by atoms with Crippen LogP contribution < -0.4 is 10.6 Å². The first-order chi connectivity index (χ1) is 11.5. The maximum absolute atomic E-state index is 12.7. The molecule has 2 rings (SSSR count). The van der Waals surface area contributed by atoms with Crippen molar-refractivity contribution in [3.8, 4) is 0 Å². The van der Waals surface area contributed by atoms with Gasteiger partial charge in [0.25, 0.3) is 0 Å². The van der Waals surface area contributed by atoms with Crippen molar-refractivity contribution < 1.29 is 9.59 Å². The van der Waals surface area contributed by atoms with Gasteiger partial charge in [0.05, 0.1) is 5.75 Å². The molecule has 2 N–H and O–H groups in total. The minimum atomic E-state index is -0.411. The topological polar surface area (TPSA) is 63.4 Å². The molecular weight excluding hydrogens is 320 g/mol. The van der Waals surface area contributed by atoms with Crippen LogP contribution in [0.2, 0.25) is 0 Å². The van der Waals surface area contributed by atoms with Gasteiger partial charge in [0.1, 0.15) is 0 Å². The van der Waals surface area contributed by atoms with Gasteiger partial charge in [0, 0.05) is 23.5 Å². The largest absolute Gasteiger partial charge is 0.370 e. The van der Waals surface area contributed by atoms with E-state index in [4.69, 9.17) is 5.73 Å². The summed E-state index contributed by atoms with van der Waals surface area (Å²) in [5.74, 6) is -0.129. The van der Waals surface area contributed by atoms with E-state index in [2.05, 4.69) is 6.07 Å². The fourth-order valence-electron chi connectivity index (χ4n) is 2.41. The Morgan fingerprint density at radius 1 is 1.08 bits per heavy atom. The van der Waals surface area contributed by atoms with Gasteiger partial charge in [-0.1, -0.05) is 35.9 Å². The zero-order valence-electron chi connectivity index (χ0n) is 14.0. The summed E-state index contributed by atoms with van der Waals surface area (Å²) in [7, 11) is 0. The highest BCUT2D eigenvalue weighted by Crippen LogP contribution is 2.24. The summed E-state index contributed by atoms with van der Waals surface area (Å²) < 4.78 is 0. The Bertz CT molecular complexity index is 717. The number of rotatable bonds is 7. The zero-order valence-corrected chi connectivity index (χ0v) is 14.8. The van der Waals surface area contributed by atoms with Crippen molar-refractivity contribution in [2.24, 2.45) is 5.73 Å². The lowest BCUT2D eigenvalue weighted by atomic mass is 10.2. The molecule has 4 nitrogen and oxygen atoms in total. The van der Waals surface area contributed by atoms with E-state index in [-0.39, 0.29) is 12.3 Å². The van der Waals surface area contributed by atoms with Crippen molar-refractivity contribution in [3.63, 3.8) is 0 Å². The van der Waals surface area contributed by atoms with Gasteiger partial charge in [0.2, 0.25) is 11.8 Å². The highest BCUT2D eigenvalue weighted by Gasteiger charge is 2.17. The molecule has 0 radical (unpaired) electrons. The number of hydrogen-bond acceptors (Lipinski definition) is 3. The molecule has 0 aromatic heterocycles. The Morgan fingerprint density at radius 3 is 2.42 bits per heavy atom. The average Bonchev–Trinajstić information content (AvgIpc) is 2.55. The third-order valence-corrected chi connectivity index (χ3v) is 4.79. The normalized spacial score (nSPS) is 10.4. The molecule has 0 fully saturated rings. The molecule has 0 atom stereocenters. The van der Waals surface area contributed by atoms with Gasteiger partial charge in [-0.15, -0.1) is 11.8 Å². The number of hydrogen-bond donors (Lipinski definition) is 1. The van der Waals surface area contributed by atoms with Crippen LogP contribution in [-0.4, -0.2) is 24.1 Å². The highest BCUT2D eigenvalue weighted by atomic mass is 32.2. The molecule has 2 amide bonds. The van der Waals surface area contributed by atoms with E-state index in [0.29, 0.717) is 12.3 Å². The second kappa shape index (κ2) is 8.55. The van der Waals surface area contributed by atoms with Crippen LogP contribution in [0, 0.1) is 13.8 Å². The van der Waals surface area contributed by atoms with Crippen molar-refractivity contribution in [2.45, 2.75) is 25.2 Å². The summed E-state index contributed by atoms with van der Waals surface area (Å²) in [6.45, 7) is 4.39. The molecular formula is C19H22N2O2S. The van der Waals surface area contributed by atoms with E-state index < -0.39 is 5.91 Å². The molecule has 0 saturated carbocycles. The Balaban J connectivity index is 2.08. The van der Waals surface area contributed by atoms with Gasteiger partial charge >= 0.3 is 0 Å². The molecule has 0 heterocycles. The summed E-state index contributed by atoms with van der Waals surface area (Å²) in [6.07, 6.45) is 0.148. The van der Waals surface area contributed by atoms with Crippen LogP contribution in [0.15, 0.2) is 53.4 Å². The van der Waals surface area contributed by atoms with E-state index >= 15 is 0 Å². The Kier molecular flexibility index (Phi) is 6.44. The van der Waals surface area contributed by atoms with E-state index in [1.54, 1.807) is 4.90 Å². The molecule has 0 bridgehead atoms. The van der Waals surface area contributed by atoms with Gasteiger partial charge in [-0.2, -0.15) is 0 Å². The summed E-state index contributed by atoms with van der Waals surface area (Å²) in [4.78, 5) is 26.5. The number of nitrogens with zero attached hydrogens (tertiary/aromatic N) is 1. The summed E-state index contributed by atoms with van der Waals surface area (Å²) in [5, 5.41) is 0. The summed E-state index contributed by atoms with van der Waals surface area (Å²) >= 11 is 1.51. The number of primary amides is 1. The molecule has 24 heavy (non-hydrogen) atoms. The quantitative estimate of drug-likeness (QED) is 0.785. The van der Waals surface area contributed by atoms with Crippen LogP contribution in [0.5, 0.6) is 0 Å². The van der Waals surface area contributed by atoms with Gasteiger partial charge in [-0.3, -0.25) is 9.59 Å². The van der Waals surface area contributed by atoms with E-state index in [1.165, 1.54) is 17.3 Å². The first kappa shape index (κ1) is 18.1. The smallest absolute Gasteiger partial charge is 0.237 e. The van der Waals surface area contributed by atoms with Crippen LogP contribution >= 0.6 is 11.8 Å². The second-order valence-electron chi connectivity index (χ2n) is 5.65. The minimum Gasteiger partial charge on any atom is -0.370 e. The van der Waals surface area contributed by atoms with E-state index in [0.717, 1.165) is 16.1 Å². The lowest BCUT2D eigenvalue weighted by Crippen LogP contribution is -2.35. The van der Waals surface area contributed by atoms with E-state index in [9.17, 15) is 9.59 Å². The maximum Gasteiger partial charge on any atom is 0.237 e. The lowest BCUT2D eigenvalue weighted by Gasteiger charge is -2.22. The molecule has 0 aliphatic heterocycles. The molecule has 2 aromatic rings. The van der Waals surface area contributed by atoms with Crippen molar-refractivity contribution in [1.82, 2.24) is 0 Å². The Labute approximate surface area is 147 Å². The minimum absolute atomic E-state index is 0.0348. The van der Waals surface area contributed by atoms with Gasteiger partial charge in [0.15, 0.2) is 0 Å². The van der Waals surface area contributed by atoms with Crippen LogP contribution in [-0.2, 0) is 9.59 Å². The number of thioether (sulfide) groups is 1. The number of para-hydroxylation sites is 1. The Hall–Kier alpha value is -2.27. The third kappa shape index (κ3) is 5.13. The molecule has 5 heteroatoms. The fourth-order valence-corrected chi connectivity index (χ4v) is 3.29. The van der Waals surface area contributed by atoms with Gasteiger partial charge in [-0.05, 0) is 37.6 Å². The van der Waals surface area contributed by atoms with Crippen molar-refractivity contribution >= 4 is 29.3 Å². The molecule has 0 spiro atoms. The van der Waals surface area contributed by atoms with Crippen LogP contribution in [0.4, 0.5) is 5.69 Å². The summed E-state index contributed by atoms with van der Waals surface area (Å²) in [6, 6.07) is 15.6. The average molecular weight is 342 g/mol. The molecule has 0 aliphatic carbocycles. The SMILES string of the molecule is Cc1ccc(SCC(=O)N(CCC(N)=O)c2ccccc2)c(C)c1. The van der Waals surface area contributed by atoms with E-state index in [1.807, 2.05) is 56.3 Å². The van der Waals surface area contributed by atoms with Gasteiger partial charge < -0.3 is 10.6 Å². The first-order valence-corrected chi connectivity index (χ1v) is 8.79. The number of benzene rings is 2. The summed E-state index contributed by atoms with van der Waals surface area (Å²) in [5.41, 5.74) is 8.39. The number of anilines is 1. The molecule has 2 aromatic carbocycles. The number of aryl methyl sites for hydroxylation is 2. The molecule has 0 aliphatic rings. The predicted octanol–water partition coefficient (Wildman–Crippen LogP) is 3.30. The Morgan fingerprint density at radius 2 is 1.79 bits per heavy atom. The monoisotopic (exact) mass is 342 g/mol. The number of carbonyl (C=O) groups excluding carboxylic acids is 2. The predicted molar refractivity (Wildman–Crippen MR) is 99.2 cm³/mol. The standard InChI is InChI=1S/C19H22N2O2S/c1-14-8-9-17(15(2)12-14)24-13-19(23)21(11-10-18(20)22)16-6-4-3-5-7-16/h3-9,12H,10-11,13H2,1-2H3,(H2,20,22). The van der Waals surface area contributed by atoms with Crippen molar-refractivity contribution in [1.29, 1.82) is 0 Å². The van der Waals surface area contributed by atoms with Crippen LogP contribution in [0.3, 0.4) is 0 Å². The second-order valence-corrected chi connectivity index (χ2v) is 6.67. The molecule has 126 valence electrons. The maximum atomic E-state index is 12.7. The fraction of sp³-hybridized carbons (Fsp3) is 0.263. The number of amides is 2. The molecule has 0 saturated heterocycles. The van der Waals surface area contributed by atoms with Crippen molar-refractivity contribution in [3.05, 3.63) is 59.7 Å². The lowest BCUT2D eigenvalue weighted by molar-refractivity contribution is -0.118. The first-order valence-electron chi connectivity index (χ1n) is 7.81. The number of nitrogens with two attached hydrogens (primary N) is 1. The number of carbonyl (C=O) groups is 2. The third-order valence-electron chi connectivity index (χ3n) is 3.63.